The molecule has 1 heterocycles. The number of nitroso groups, excluding NO2 is 1. The standard InChI is InChI=1S/C23H32N2O4/c1-2-18(15-21(26)27)19-7-9-23(10-8-19)11-13-25(14-12-23)22(28)20-5-3-17(4-6-20)16-24-29/h3-6,18-19H,2,7-16H2,1H3,(H,26,27). The molecule has 3 rings (SSSR count). The quantitative estimate of drug-likeness (QED) is 0.662. The Balaban J connectivity index is 1.52. The molecule has 1 saturated carbocycles. The summed E-state index contributed by atoms with van der Waals surface area (Å²) in [6, 6.07) is 7.16. The van der Waals surface area contributed by atoms with Crippen LogP contribution >= 0.6 is 0 Å². The molecule has 6 nitrogen and oxygen atoms in total. The van der Waals surface area contributed by atoms with Crippen molar-refractivity contribution in [3.63, 3.8) is 0 Å². The van der Waals surface area contributed by atoms with Gasteiger partial charge in [-0.25, -0.2) is 0 Å². The number of carbonyl (C=O) groups is 2. The molecule has 0 radical (unpaired) electrons. The highest BCUT2D eigenvalue weighted by Gasteiger charge is 2.40. The molecule has 0 bridgehead atoms. The summed E-state index contributed by atoms with van der Waals surface area (Å²) in [5, 5.41) is 12.0. The average molecular weight is 401 g/mol. The van der Waals surface area contributed by atoms with Crippen molar-refractivity contribution in [2.75, 3.05) is 13.1 Å². The molecule has 1 unspecified atom stereocenters. The Morgan fingerprint density at radius 2 is 1.76 bits per heavy atom. The van der Waals surface area contributed by atoms with Crippen LogP contribution in [0.25, 0.3) is 0 Å². The number of hydrogen-bond donors (Lipinski definition) is 1. The van der Waals surface area contributed by atoms with Crippen LogP contribution in [-0.2, 0) is 11.3 Å². The third-order valence-corrected chi connectivity index (χ3v) is 7.28. The summed E-state index contributed by atoms with van der Waals surface area (Å²) >= 11 is 0. The Bertz CT molecular complexity index is 713. The van der Waals surface area contributed by atoms with E-state index in [-0.39, 0.29) is 18.9 Å². The van der Waals surface area contributed by atoms with Crippen LogP contribution in [0, 0.1) is 22.2 Å². The Labute approximate surface area is 172 Å². The molecule has 2 fully saturated rings. The van der Waals surface area contributed by atoms with Crippen LogP contribution in [0.3, 0.4) is 0 Å². The van der Waals surface area contributed by atoms with Gasteiger partial charge in [0.25, 0.3) is 5.91 Å². The molecule has 1 aliphatic carbocycles. The number of nitrogens with zero attached hydrogens (tertiary/aromatic N) is 2. The van der Waals surface area contributed by atoms with E-state index in [9.17, 15) is 14.5 Å². The topological polar surface area (TPSA) is 87.0 Å². The number of benzene rings is 1. The fourth-order valence-corrected chi connectivity index (χ4v) is 5.29. The van der Waals surface area contributed by atoms with E-state index >= 15 is 0 Å². The number of piperidine rings is 1. The zero-order chi connectivity index (χ0) is 20.9. The molecule has 1 aliphatic heterocycles. The fourth-order valence-electron chi connectivity index (χ4n) is 5.29. The van der Waals surface area contributed by atoms with Crippen molar-refractivity contribution < 1.29 is 14.7 Å². The van der Waals surface area contributed by atoms with Gasteiger partial charge >= 0.3 is 5.97 Å². The molecule has 1 spiro atoms. The molecular formula is C23H32N2O4. The maximum absolute atomic E-state index is 12.8. The molecule has 0 aromatic heterocycles. The third-order valence-electron chi connectivity index (χ3n) is 7.28. The van der Waals surface area contributed by atoms with Gasteiger partial charge in [-0.05, 0) is 73.5 Å². The first-order valence-electron chi connectivity index (χ1n) is 10.9. The first kappa shape index (κ1) is 21.5. The smallest absolute Gasteiger partial charge is 0.303 e. The number of amides is 1. The van der Waals surface area contributed by atoms with Crippen molar-refractivity contribution in [3.05, 3.63) is 40.3 Å². The minimum atomic E-state index is -0.681. The van der Waals surface area contributed by atoms with Gasteiger partial charge in [0.1, 0.15) is 6.54 Å². The SMILES string of the molecule is CCC(CC(=O)O)C1CCC2(CC1)CCN(C(=O)c1ccc(CN=O)cc1)CC2. The second kappa shape index (κ2) is 9.51. The highest BCUT2D eigenvalue weighted by atomic mass is 16.4. The predicted octanol–water partition coefficient (Wildman–Crippen LogP) is 4.87. The highest BCUT2D eigenvalue weighted by molar-refractivity contribution is 5.94. The van der Waals surface area contributed by atoms with E-state index < -0.39 is 5.97 Å². The summed E-state index contributed by atoms with van der Waals surface area (Å²) in [5.41, 5.74) is 1.81. The zero-order valence-electron chi connectivity index (χ0n) is 17.3. The van der Waals surface area contributed by atoms with E-state index in [4.69, 9.17) is 5.11 Å². The van der Waals surface area contributed by atoms with Gasteiger partial charge in [-0.15, -0.1) is 0 Å². The predicted molar refractivity (Wildman–Crippen MR) is 112 cm³/mol. The Kier molecular flexibility index (Phi) is 7.04. The Hall–Kier alpha value is -2.24. The van der Waals surface area contributed by atoms with Gasteiger partial charge in [-0.3, -0.25) is 9.59 Å². The van der Waals surface area contributed by atoms with E-state index in [2.05, 4.69) is 12.1 Å². The van der Waals surface area contributed by atoms with E-state index in [1.807, 2.05) is 4.90 Å². The summed E-state index contributed by atoms with van der Waals surface area (Å²) in [5.74, 6) is 0.204. The van der Waals surface area contributed by atoms with Gasteiger partial charge in [-0.2, -0.15) is 4.91 Å². The molecule has 29 heavy (non-hydrogen) atoms. The van der Waals surface area contributed by atoms with Crippen LogP contribution in [0.1, 0.15) is 74.2 Å². The number of hydrogen-bond acceptors (Lipinski definition) is 4. The number of carboxylic acid groups (broad SMARTS) is 1. The summed E-state index contributed by atoms with van der Waals surface area (Å²) < 4.78 is 0. The Morgan fingerprint density at radius 3 is 2.28 bits per heavy atom. The molecular weight excluding hydrogens is 368 g/mol. The van der Waals surface area contributed by atoms with Crippen molar-refractivity contribution in [3.8, 4) is 0 Å². The first-order valence-corrected chi connectivity index (χ1v) is 10.9. The summed E-state index contributed by atoms with van der Waals surface area (Å²) in [6.07, 6.45) is 7.85. The Morgan fingerprint density at radius 1 is 1.14 bits per heavy atom. The van der Waals surface area contributed by atoms with E-state index in [1.54, 1.807) is 24.3 Å². The lowest BCUT2D eigenvalue weighted by Gasteiger charge is -2.47. The third kappa shape index (κ3) is 5.22. The van der Waals surface area contributed by atoms with Crippen LogP contribution in [-0.4, -0.2) is 35.0 Å². The van der Waals surface area contributed by atoms with Crippen molar-refractivity contribution in [1.82, 2.24) is 4.90 Å². The summed E-state index contributed by atoms with van der Waals surface area (Å²) in [7, 11) is 0. The van der Waals surface area contributed by atoms with E-state index in [0.29, 0.717) is 22.8 Å². The second-order valence-electron chi connectivity index (χ2n) is 8.88. The highest BCUT2D eigenvalue weighted by Crippen LogP contribution is 2.48. The van der Waals surface area contributed by atoms with E-state index in [0.717, 1.165) is 63.6 Å². The fraction of sp³-hybridized carbons (Fsp3) is 0.652. The van der Waals surface area contributed by atoms with Crippen LogP contribution < -0.4 is 0 Å². The van der Waals surface area contributed by atoms with Crippen molar-refractivity contribution in [2.24, 2.45) is 22.4 Å². The monoisotopic (exact) mass is 400 g/mol. The van der Waals surface area contributed by atoms with Crippen LogP contribution in [0.15, 0.2) is 29.4 Å². The number of carboxylic acids is 1. The van der Waals surface area contributed by atoms with Crippen LogP contribution in [0.4, 0.5) is 0 Å². The molecule has 2 aliphatic rings. The van der Waals surface area contributed by atoms with Crippen LogP contribution in [0.5, 0.6) is 0 Å². The van der Waals surface area contributed by atoms with Gasteiger partial charge in [0.2, 0.25) is 0 Å². The number of likely N-dealkylation sites (tertiary alicyclic amines) is 1. The molecule has 1 aromatic carbocycles. The molecule has 1 aromatic rings. The normalized spacial score (nSPS) is 20.4. The minimum absolute atomic E-state index is 0.0617. The van der Waals surface area contributed by atoms with Gasteiger partial charge in [-0.1, -0.05) is 30.7 Å². The van der Waals surface area contributed by atoms with Gasteiger partial charge < -0.3 is 10.0 Å². The van der Waals surface area contributed by atoms with Gasteiger partial charge in [0.05, 0.1) is 0 Å². The van der Waals surface area contributed by atoms with Crippen LogP contribution in [0.2, 0.25) is 0 Å². The molecule has 1 N–H and O–H groups in total. The van der Waals surface area contributed by atoms with E-state index in [1.165, 1.54) is 0 Å². The van der Waals surface area contributed by atoms with Gasteiger partial charge in [0.15, 0.2) is 0 Å². The lowest BCUT2D eigenvalue weighted by Crippen LogP contribution is -2.45. The number of carbonyl (C=O) groups excluding carboxylic acids is 1. The average Bonchev–Trinajstić information content (AvgIpc) is 2.73. The maximum Gasteiger partial charge on any atom is 0.303 e. The van der Waals surface area contributed by atoms with Crippen molar-refractivity contribution >= 4 is 11.9 Å². The largest absolute Gasteiger partial charge is 0.481 e. The molecule has 1 saturated heterocycles. The number of aliphatic carboxylic acids is 1. The summed E-state index contributed by atoms with van der Waals surface area (Å²) in [6.45, 7) is 3.80. The molecule has 1 atom stereocenters. The second-order valence-corrected chi connectivity index (χ2v) is 8.88. The van der Waals surface area contributed by atoms with Crippen molar-refractivity contribution in [2.45, 2.75) is 64.8 Å². The molecule has 1 amide bonds. The van der Waals surface area contributed by atoms with Gasteiger partial charge in [0, 0.05) is 25.1 Å². The molecule has 158 valence electrons. The first-order chi connectivity index (χ1) is 14.0. The molecule has 6 heteroatoms. The lowest BCUT2D eigenvalue weighted by molar-refractivity contribution is -0.138. The van der Waals surface area contributed by atoms with Crippen molar-refractivity contribution in [1.29, 1.82) is 0 Å². The zero-order valence-corrected chi connectivity index (χ0v) is 17.3. The summed E-state index contributed by atoms with van der Waals surface area (Å²) in [4.78, 5) is 36.2. The maximum atomic E-state index is 12.8. The number of rotatable bonds is 7. The minimum Gasteiger partial charge on any atom is -0.481 e. The lowest BCUT2D eigenvalue weighted by atomic mass is 9.63.